The highest BCUT2D eigenvalue weighted by atomic mass is 19.1. The Labute approximate surface area is 112 Å². The monoisotopic (exact) mass is 257 g/mol. The fourth-order valence-electron chi connectivity index (χ4n) is 2.14. The van der Waals surface area contributed by atoms with Crippen molar-refractivity contribution in [3.05, 3.63) is 53.5 Å². The highest BCUT2D eigenvalue weighted by Gasteiger charge is 2.16. The second kappa shape index (κ2) is 4.84. The van der Waals surface area contributed by atoms with Crippen LogP contribution in [0.4, 0.5) is 4.39 Å². The maximum atomic E-state index is 13.9. The molecule has 1 N–H and O–H groups in total. The van der Waals surface area contributed by atoms with Crippen molar-refractivity contribution in [1.29, 1.82) is 0 Å². The van der Waals surface area contributed by atoms with Crippen molar-refractivity contribution < 1.29 is 9.50 Å². The van der Waals surface area contributed by atoms with E-state index in [0.29, 0.717) is 5.69 Å². The molecule has 3 heteroatoms. The summed E-state index contributed by atoms with van der Waals surface area (Å²) < 4.78 is 13.9. The average molecular weight is 257 g/mol. The molecule has 19 heavy (non-hydrogen) atoms. The van der Waals surface area contributed by atoms with Crippen LogP contribution >= 0.6 is 0 Å². The van der Waals surface area contributed by atoms with Gasteiger partial charge >= 0.3 is 0 Å². The molecule has 0 radical (unpaired) electrons. The molecule has 0 aliphatic heterocycles. The zero-order valence-corrected chi connectivity index (χ0v) is 11.3. The number of pyridine rings is 1. The van der Waals surface area contributed by atoms with Crippen LogP contribution < -0.4 is 0 Å². The van der Waals surface area contributed by atoms with Crippen LogP contribution in [0.1, 0.15) is 23.7 Å². The van der Waals surface area contributed by atoms with E-state index in [0.717, 1.165) is 22.4 Å². The number of halogens is 1. The molecule has 0 spiro atoms. The summed E-state index contributed by atoms with van der Waals surface area (Å²) in [6.07, 6.45) is 0. The first-order valence-electron chi connectivity index (χ1n) is 6.03. The number of benzene rings is 1. The van der Waals surface area contributed by atoms with E-state index in [4.69, 9.17) is 0 Å². The summed E-state index contributed by atoms with van der Waals surface area (Å²) >= 11 is 0. The van der Waals surface area contributed by atoms with Crippen LogP contribution in [-0.4, -0.2) is 10.1 Å². The summed E-state index contributed by atoms with van der Waals surface area (Å²) in [7, 11) is 0. The first-order chi connectivity index (χ1) is 8.91. The van der Waals surface area contributed by atoms with E-state index in [9.17, 15) is 9.50 Å². The Kier molecular flexibility index (Phi) is 3.38. The number of phenols is 1. The minimum atomic E-state index is -0.474. The van der Waals surface area contributed by atoms with Gasteiger partial charge in [0.1, 0.15) is 11.6 Å². The molecule has 0 aliphatic rings. The smallest absolute Gasteiger partial charge is 0.136 e. The van der Waals surface area contributed by atoms with Gasteiger partial charge in [0.15, 0.2) is 0 Å². The number of nitrogens with zero attached hydrogens (tertiary/aromatic N) is 1. The molecule has 1 aromatic heterocycles. The molecule has 0 bridgehead atoms. The fourth-order valence-corrected chi connectivity index (χ4v) is 2.14. The highest BCUT2D eigenvalue weighted by molar-refractivity contribution is 5.73. The number of aromatic hydroxyl groups is 1. The molecule has 0 fully saturated rings. The SMILES string of the molecule is C=C(C)c1cc(C)c(-c2c(O)cccc2F)nc1C. The lowest BCUT2D eigenvalue weighted by Crippen LogP contribution is -1.98. The number of rotatable bonds is 2. The van der Waals surface area contributed by atoms with Crippen LogP contribution in [0.5, 0.6) is 5.75 Å². The van der Waals surface area contributed by atoms with Crippen molar-refractivity contribution in [3.63, 3.8) is 0 Å². The molecule has 0 saturated heterocycles. The second-order valence-corrected chi connectivity index (χ2v) is 4.70. The molecule has 2 rings (SSSR count). The van der Waals surface area contributed by atoms with Gasteiger partial charge in [0.2, 0.25) is 0 Å². The number of aromatic nitrogens is 1. The van der Waals surface area contributed by atoms with Gasteiger partial charge in [0.25, 0.3) is 0 Å². The summed E-state index contributed by atoms with van der Waals surface area (Å²) in [4.78, 5) is 4.42. The molecular formula is C16H16FNO. The van der Waals surface area contributed by atoms with E-state index in [1.54, 1.807) is 0 Å². The van der Waals surface area contributed by atoms with Crippen LogP contribution in [0.25, 0.3) is 16.8 Å². The van der Waals surface area contributed by atoms with Gasteiger partial charge in [-0.25, -0.2) is 4.39 Å². The second-order valence-electron chi connectivity index (χ2n) is 4.70. The van der Waals surface area contributed by atoms with E-state index in [-0.39, 0.29) is 11.3 Å². The summed E-state index contributed by atoms with van der Waals surface area (Å²) in [5.74, 6) is -0.573. The molecule has 0 unspecified atom stereocenters. The molecule has 1 aromatic carbocycles. The predicted octanol–water partition coefficient (Wildman–Crippen LogP) is 4.24. The lowest BCUT2D eigenvalue weighted by Gasteiger charge is -2.13. The minimum Gasteiger partial charge on any atom is -0.507 e. The van der Waals surface area contributed by atoms with Gasteiger partial charge in [-0.3, -0.25) is 4.98 Å². The Morgan fingerprint density at radius 1 is 1.32 bits per heavy atom. The Bertz CT molecular complexity index is 642. The number of hydrogen-bond acceptors (Lipinski definition) is 2. The van der Waals surface area contributed by atoms with E-state index in [2.05, 4.69) is 11.6 Å². The Balaban J connectivity index is 2.71. The van der Waals surface area contributed by atoms with Crippen LogP contribution in [0.2, 0.25) is 0 Å². The van der Waals surface area contributed by atoms with E-state index < -0.39 is 5.82 Å². The molecule has 0 amide bonds. The quantitative estimate of drug-likeness (QED) is 0.872. The number of aryl methyl sites for hydroxylation is 2. The third kappa shape index (κ3) is 2.36. The van der Waals surface area contributed by atoms with Gasteiger partial charge in [-0.05, 0) is 55.7 Å². The predicted molar refractivity (Wildman–Crippen MR) is 75.5 cm³/mol. The minimum absolute atomic E-state index is 0.0990. The molecular weight excluding hydrogens is 241 g/mol. The van der Waals surface area contributed by atoms with E-state index >= 15 is 0 Å². The maximum Gasteiger partial charge on any atom is 0.136 e. The lowest BCUT2D eigenvalue weighted by atomic mass is 9.99. The Morgan fingerprint density at radius 3 is 2.58 bits per heavy atom. The fraction of sp³-hybridized carbons (Fsp3) is 0.188. The van der Waals surface area contributed by atoms with Crippen LogP contribution in [-0.2, 0) is 0 Å². The van der Waals surface area contributed by atoms with Gasteiger partial charge in [-0.1, -0.05) is 12.6 Å². The third-order valence-corrected chi connectivity index (χ3v) is 3.09. The number of hydrogen-bond donors (Lipinski definition) is 1. The van der Waals surface area contributed by atoms with Gasteiger partial charge in [-0.15, -0.1) is 0 Å². The summed E-state index contributed by atoms with van der Waals surface area (Å²) in [5, 5.41) is 9.84. The molecule has 2 nitrogen and oxygen atoms in total. The van der Waals surface area contributed by atoms with Gasteiger partial charge in [-0.2, -0.15) is 0 Å². The summed E-state index contributed by atoms with van der Waals surface area (Å²) in [6.45, 7) is 9.51. The third-order valence-electron chi connectivity index (χ3n) is 3.09. The van der Waals surface area contributed by atoms with Crippen molar-refractivity contribution in [2.45, 2.75) is 20.8 Å². The molecule has 0 aliphatic carbocycles. The molecule has 2 aromatic rings. The van der Waals surface area contributed by atoms with Gasteiger partial charge in [0.05, 0.1) is 11.3 Å². The zero-order chi connectivity index (χ0) is 14.2. The zero-order valence-electron chi connectivity index (χ0n) is 11.3. The van der Waals surface area contributed by atoms with Crippen molar-refractivity contribution in [2.75, 3.05) is 0 Å². The largest absolute Gasteiger partial charge is 0.507 e. The highest BCUT2D eigenvalue weighted by Crippen LogP contribution is 2.33. The topological polar surface area (TPSA) is 33.1 Å². The molecule has 0 atom stereocenters. The summed E-state index contributed by atoms with van der Waals surface area (Å²) in [6, 6.07) is 6.17. The van der Waals surface area contributed by atoms with Crippen LogP contribution in [0, 0.1) is 19.7 Å². The van der Waals surface area contributed by atoms with E-state index in [1.807, 2.05) is 26.8 Å². The normalized spacial score (nSPS) is 10.5. The lowest BCUT2D eigenvalue weighted by molar-refractivity contribution is 0.471. The van der Waals surface area contributed by atoms with Crippen molar-refractivity contribution in [3.8, 4) is 17.0 Å². The standard InChI is InChI=1S/C16H16FNO/c1-9(2)12-8-10(3)16(18-11(12)4)15-13(17)6-5-7-14(15)19/h5-8,19H,1H2,2-4H3. The Morgan fingerprint density at radius 2 is 2.00 bits per heavy atom. The molecule has 0 saturated carbocycles. The van der Waals surface area contributed by atoms with Gasteiger partial charge in [0, 0.05) is 5.69 Å². The van der Waals surface area contributed by atoms with Crippen molar-refractivity contribution >= 4 is 5.57 Å². The number of phenolic OH excluding ortho intramolecular Hbond substituents is 1. The first kappa shape index (κ1) is 13.3. The van der Waals surface area contributed by atoms with Crippen LogP contribution in [0.15, 0.2) is 30.8 Å². The van der Waals surface area contributed by atoms with Gasteiger partial charge < -0.3 is 5.11 Å². The molecule has 1 heterocycles. The van der Waals surface area contributed by atoms with E-state index in [1.165, 1.54) is 18.2 Å². The first-order valence-corrected chi connectivity index (χ1v) is 6.03. The Hall–Kier alpha value is -2.16. The van der Waals surface area contributed by atoms with Crippen molar-refractivity contribution in [1.82, 2.24) is 4.98 Å². The summed E-state index contributed by atoms with van der Waals surface area (Å²) in [5.41, 5.74) is 4.07. The van der Waals surface area contributed by atoms with Crippen LogP contribution in [0.3, 0.4) is 0 Å². The maximum absolute atomic E-state index is 13.9. The molecule has 98 valence electrons. The van der Waals surface area contributed by atoms with Crippen molar-refractivity contribution in [2.24, 2.45) is 0 Å². The average Bonchev–Trinajstić information content (AvgIpc) is 2.32. The number of allylic oxidation sites excluding steroid dienone is 1.